The lowest BCUT2D eigenvalue weighted by Gasteiger charge is -2.32. The van der Waals surface area contributed by atoms with Gasteiger partial charge in [-0.05, 0) is 49.4 Å². The van der Waals surface area contributed by atoms with Gasteiger partial charge in [-0.25, -0.2) is 4.39 Å². The Morgan fingerprint density at radius 3 is 2.52 bits per heavy atom. The molecule has 5 heteroatoms. The fourth-order valence-corrected chi connectivity index (χ4v) is 3.17. The van der Waals surface area contributed by atoms with Crippen LogP contribution in [-0.4, -0.2) is 43.6 Å². The molecule has 2 aromatic rings. The highest BCUT2D eigenvalue weighted by molar-refractivity contribution is 5.94. The van der Waals surface area contributed by atoms with Gasteiger partial charge < -0.3 is 14.5 Å². The van der Waals surface area contributed by atoms with E-state index in [1.54, 1.807) is 12.1 Å². The van der Waals surface area contributed by atoms with E-state index in [0.717, 1.165) is 25.4 Å². The minimum absolute atomic E-state index is 0.0837. The second-order valence-electron chi connectivity index (χ2n) is 6.31. The first-order valence-corrected chi connectivity index (χ1v) is 8.76. The monoisotopic (exact) mass is 343 g/mol. The number of ether oxygens (including phenoxy) is 1. The number of halogens is 1. The Bertz CT molecular complexity index is 710. The van der Waals surface area contributed by atoms with Crippen molar-refractivity contribution in [2.45, 2.75) is 13.5 Å². The Labute approximate surface area is 147 Å². The van der Waals surface area contributed by atoms with E-state index in [1.807, 2.05) is 24.0 Å². The number of carbonyl (C=O) groups is 1. The maximum atomic E-state index is 13.3. The topological polar surface area (TPSA) is 34.0 Å². The normalized spacial score (nSPS) is 15.2. The van der Waals surface area contributed by atoms with Crippen molar-refractivity contribution in [1.29, 1.82) is 0 Å². The SMILES string of the molecule is CCOc1ccc(C[NH+]2CCN(C(=O)c3cccc(F)c3)CC2)cc1. The molecule has 3 rings (SSSR count). The first kappa shape index (κ1) is 17.4. The van der Waals surface area contributed by atoms with Crippen LogP contribution in [0.3, 0.4) is 0 Å². The molecule has 1 aliphatic rings. The van der Waals surface area contributed by atoms with E-state index in [4.69, 9.17) is 4.74 Å². The van der Waals surface area contributed by atoms with Crippen molar-refractivity contribution in [3.63, 3.8) is 0 Å². The van der Waals surface area contributed by atoms with Crippen LogP contribution in [0.15, 0.2) is 48.5 Å². The van der Waals surface area contributed by atoms with E-state index in [-0.39, 0.29) is 11.7 Å². The molecule has 0 spiro atoms. The summed E-state index contributed by atoms with van der Waals surface area (Å²) in [5.74, 6) is 0.442. The minimum atomic E-state index is -0.370. The van der Waals surface area contributed by atoms with Crippen LogP contribution < -0.4 is 9.64 Å². The molecule has 0 bridgehead atoms. The third-order valence-electron chi connectivity index (χ3n) is 4.52. The molecule has 25 heavy (non-hydrogen) atoms. The van der Waals surface area contributed by atoms with E-state index in [2.05, 4.69) is 12.1 Å². The second kappa shape index (κ2) is 8.12. The molecule has 132 valence electrons. The summed E-state index contributed by atoms with van der Waals surface area (Å²) in [6.45, 7) is 6.77. The molecule has 0 aliphatic carbocycles. The summed E-state index contributed by atoms with van der Waals surface area (Å²) in [6.07, 6.45) is 0. The number of nitrogens with zero attached hydrogens (tertiary/aromatic N) is 1. The van der Waals surface area contributed by atoms with Crippen molar-refractivity contribution in [2.24, 2.45) is 0 Å². The Kier molecular flexibility index (Phi) is 5.66. The maximum absolute atomic E-state index is 13.3. The summed E-state index contributed by atoms with van der Waals surface area (Å²) >= 11 is 0. The van der Waals surface area contributed by atoms with Crippen molar-refractivity contribution in [3.8, 4) is 5.75 Å². The van der Waals surface area contributed by atoms with Crippen LogP contribution in [0.1, 0.15) is 22.8 Å². The van der Waals surface area contributed by atoms with Gasteiger partial charge in [-0.3, -0.25) is 4.79 Å². The van der Waals surface area contributed by atoms with Gasteiger partial charge in [0.05, 0.1) is 32.8 Å². The van der Waals surface area contributed by atoms with Gasteiger partial charge in [0.15, 0.2) is 0 Å². The second-order valence-corrected chi connectivity index (χ2v) is 6.31. The van der Waals surface area contributed by atoms with Crippen LogP contribution in [0.25, 0.3) is 0 Å². The number of rotatable bonds is 5. The van der Waals surface area contributed by atoms with Crippen molar-refractivity contribution in [3.05, 3.63) is 65.5 Å². The van der Waals surface area contributed by atoms with Gasteiger partial charge in [-0.1, -0.05) is 6.07 Å². The van der Waals surface area contributed by atoms with E-state index >= 15 is 0 Å². The summed E-state index contributed by atoms with van der Waals surface area (Å²) in [5, 5.41) is 0. The lowest BCUT2D eigenvalue weighted by atomic mass is 10.1. The number of hydrogen-bond acceptors (Lipinski definition) is 2. The Morgan fingerprint density at radius 1 is 1.16 bits per heavy atom. The molecular formula is C20H24FN2O2+. The lowest BCUT2D eigenvalue weighted by molar-refractivity contribution is -0.917. The Morgan fingerprint density at radius 2 is 1.88 bits per heavy atom. The summed E-state index contributed by atoms with van der Waals surface area (Å²) in [7, 11) is 0. The van der Waals surface area contributed by atoms with Crippen LogP contribution in [0.2, 0.25) is 0 Å². The lowest BCUT2D eigenvalue weighted by Crippen LogP contribution is -3.13. The molecule has 0 unspecified atom stereocenters. The van der Waals surface area contributed by atoms with Crippen LogP contribution in [0.4, 0.5) is 4.39 Å². The summed E-state index contributed by atoms with van der Waals surface area (Å²) < 4.78 is 18.8. The van der Waals surface area contributed by atoms with Gasteiger partial charge >= 0.3 is 0 Å². The predicted octanol–water partition coefficient (Wildman–Crippen LogP) is 1.77. The van der Waals surface area contributed by atoms with Crippen molar-refractivity contribution >= 4 is 5.91 Å². The zero-order valence-corrected chi connectivity index (χ0v) is 14.5. The molecule has 1 saturated heterocycles. The summed E-state index contributed by atoms with van der Waals surface area (Å²) in [4.78, 5) is 15.7. The molecule has 1 amide bonds. The summed E-state index contributed by atoms with van der Waals surface area (Å²) in [6, 6.07) is 14.1. The third kappa shape index (κ3) is 4.57. The van der Waals surface area contributed by atoms with Gasteiger partial charge in [-0.15, -0.1) is 0 Å². The summed E-state index contributed by atoms with van der Waals surface area (Å²) in [5.41, 5.74) is 1.69. The number of nitrogens with one attached hydrogen (secondary N) is 1. The van der Waals surface area contributed by atoms with E-state index in [0.29, 0.717) is 25.3 Å². The Balaban J connectivity index is 1.52. The number of quaternary nitrogens is 1. The van der Waals surface area contributed by atoms with Crippen LogP contribution in [-0.2, 0) is 6.54 Å². The van der Waals surface area contributed by atoms with Gasteiger partial charge in [0, 0.05) is 11.1 Å². The molecular weight excluding hydrogens is 319 g/mol. The molecule has 2 aromatic carbocycles. The fraction of sp³-hybridized carbons (Fsp3) is 0.350. The van der Waals surface area contributed by atoms with Gasteiger partial charge in [0.1, 0.15) is 18.1 Å². The van der Waals surface area contributed by atoms with E-state index < -0.39 is 0 Å². The van der Waals surface area contributed by atoms with Crippen LogP contribution in [0.5, 0.6) is 5.75 Å². The standard InChI is InChI=1S/C20H23FN2O2/c1-2-25-19-8-6-16(7-9-19)15-22-10-12-23(13-11-22)20(24)17-4-3-5-18(21)14-17/h3-9,14H,2,10-13,15H2,1H3/p+1. The molecule has 0 saturated carbocycles. The zero-order chi connectivity index (χ0) is 17.6. The van der Waals surface area contributed by atoms with Gasteiger partial charge in [-0.2, -0.15) is 0 Å². The largest absolute Gasteiger partial charge is 0.494 e. The Hall–Kier alpha value is -2.40. The first-order valence-electron chi connectivity index (χ1n) is 8.76. The molecule has 1 N–H and O–H groups in total. The minimum Gasteiger partial charge on any atom is -0.494 e. The highest BCUT2D eigenvalue weighted by Gasteiger charge is 2.24. The number of carbonyl (C=O) groups excluding carboxylic acids is 1. The third-order valence-corrected chi connectivity index (χ3v) is 4.52. The number of hydrogen-bond donors (Lipinski definition) is 1. The van der Waals surface area contributed by atoms with Crippen LogP contribution in [0, 0.1) is 5.82 Å². The van der Waals surface area contributed by atoms with Gasteiger partial charge in [0.25, 0.3) is 5.91 Å². The average Bonchev–Trinajstić information content (AvgIpc) is 2.64. The predicted molar refractivity (Wildman–Crippen MR) is 94.3 cm³/mol. The van der Waals surface area contributed by atoms with Crippen molar-refractivity contribution in [1.82, 2.24) is 4.90 Å². The first-order chi connectivity index (χ1) is 12.2. The average molecular weight is 343 g/mol. The van der Waals surface area contributed by atoms with E-state index in [9.17, 15) is 9.18 Å². The van der Waals surface area contributed by atoms with Crippen LogP contribution >= 0.6 is 0 Å². The highest BCUT2D eigenvalue weighted by atomic mass is 19.1. The van der Waals surface area contributed by atoms with Crippen molar-refractivity contribution in [2.75, 3.05) is 32.8 Å². The molecule has 1 heterocycles. The van der Waals surface area contributed by atoms with Gasteiger partial charge in [0.2, 0.25) is 0 Å². The molecule has 0 radical (unpaired) electrons. The molecule has 1 aliphatic heterocycles. The smallest absolute Gasteiger partial charge is 0.254 e. The highest BCUT2D eigenvalue weighted by Crippen LogP contribution is 2.12. The fourth-order valence-electron chi connectivity index (χ4n) is 3.17. The number of benzene rings is 2. The van der Waals surface area contributed by atoms with E-state index in [1.165, 1.54) is 22.6 Å². The maximum Gasteiger partial charge on any atom is 0.254 e. The molecule has 0 atom stereocenters. The van der Waals surface area contributed by atoms with Crippen molar-refractivity contribution < 1.29 is 18.8 Å². The quantitative estimate of drug-likeness (QED) is 0.898. The zero-order valence-electron chi connectivity index (χ0n) is 14.5. The molecule has 0 aromatic heterocycles. The number of amides is 1. The molecule has 4 nitrogen and oxygen atoms in total. The number of piperazine rings is 1. The molecule has 1 fully saturated rings.